The minimum Gasteiger partial charge on any atom is -0.311 e. The van der Waals surface area contributed by atoms with Crippen molar-refractivity contribution in [2.45, 2.75) is 19.8 Å². The van der Waals surface area contributed by atoms with E-state index in [0.717, 1.165) is 23.2 Å². The molecule has 0 atom stereocenters. The molecular weight excluding hydrogens is 238 g/mol. The monoisotopic (exact) mass is 251 g/mol. The van der Waals surface area contributed by atoms with Gasteiger partial charge < -0.3 is 4.90 Å². The standard InChI is InChI=1S/C13H14ClNO2/c1-2-12(16)10-3-4-11-9(7-10)5-6-15(11)13(17)8-14/h3-4,7H,2,5-6,8H2,1H3. The number of hydrogen-bond donors (Lipinski definition) is 0. The Kier molecular flexibility index (Phi) is 3.48. The summed E-state index contributed by atoms with van der Waals surface area (Å²) in [5.74, 6) is 0.0460. The maximum absolute atomic E-state index is 11.6. The highest BCUT2D eigenvalue weighted by Crippen LogP contribution is 2.29. The van der Waals surface area contributed by atoms with Gasteiger partial charge in [0.2, 0.25) is 5.91 Å². The summed E-state index contributed by atoms with van der Waals surface area (Å²) in [6.07, 6.45) is 1.30. The molecule has 0 radical (unpaired) electrons. The van der Waals surface area contributed by atoms with E-state index in [2.05, 4.69) is 0 Å². The van der Waals surface area contributed by atoms with Crippen LogP contribution in [0.4, 0.5) is 5.69 Å². The van der Waals surface area contributed by atoms with Crippen molar-refractivity contribution in [1.29, 1.82) is 0 Å². The average molecular weight is 252 g/mol. The summed E-state index contributed by atoms with van der Waals surface area (Å²) in [6, 6.07) is 5.52. The van der Waals surface area contributed by atoms with Crippen LogP contribution >= 0.6 is 11.6 Å². The van der Waals surface area contributed by atoms with Gasteiger partial charge in [0.25, 0.3) is 0 Å². The second-order valence-electron chi connectivity index (χ2n) is 4.05. The number of nitrogens with zero attached hydrogens (tertiary/aromatic N) is 1. The van der Waals surface area contributed by atoms with E-state index in [1.807, 2.05) is 19.1 Å². The minimum atomic E-state index is -0.0833. The predicted molar refractivity (Wildman–Crippen MR) is 67.8 cm³/mol. The van der Waals surface area contributed by atoms with Crippen LogP contribution in [0, 0.1) is 0 Å². The normalized spacial score (nSPS) is 13.6. The fraction of sp³-hybridized carbons (Fsp3) is 0.385. The molecule has 1 aliphatic heterocycles. The summed E-state index contributed by atoms with van der Waals surface area (Å²) in [6.45, 7) is 2.50. The number of fused-ring (bicyclic) bond motifs is 1. The number of carbonyl (C=O) groups excluding carboxylic acids is 2. The first-order valence-electron chi connectivity index (χ1n) is 5.69. The molecule has 4 heteroatoms. The molecule has 0 N–H and O–H groups in total. The maximum atomic E-state index is 11.6. The third kappa shape index (κ3) is 2.20. The van der Waals surface area contributed by atoms with Crippen molar-refractivity contribution in [2.75, 3.05) is 17.3 Å². The van der Waals surface area contributed by atoms with E-state index in [9.17, 15) is 9.59 Å². The van der Waals surface area contributed by atoms with Gasteiger partial charge in [0.05, 0.1) is 0 Å². The first kappa shape index (κ1) is 12.1. The number of hydrogen-bond acceptors (Lipinski definition) is 2. The van der Waals surface area contributed by atoms with Crippen molar-refractivity contribution in [1.82, 2.24) is 0 Å². The van der Waals surface area contributed by atoms with Crippen molar-refractivity contribution in [2.24, 2.45) is 0 Å². The third-order valence-corrected chi connectivity index (χ3v) is 3.26. The van der Waals surface area contributed by atoms with Crippen molar-refractivity contribution in [3.63, 3.8) is 0 Å². The van der Waals surface area contributed by atoms with Crippen molar-refractivity contribution in [3.8, 4) is 0 Å². The Morgan fingerprint density at radius 3 is 2.82 bits per heavy atom. The number of rotatable bonds is 3. The first-order chi connectivity index (χ1) is 8.17. The number of benzene rings is 1. The number of alkyl halides is 1. The van der Waals surface area contributed by atoms with E-state index in [4.69, 9.17) is 11.6 Å². The number of halogens is 1. The van der Waals surface area contributed by atoms with Gasteiger partial charge >= 0.3 is 0 Å². The van der Waals surface area contributed by atoms with Crippen LogP contribution in [0.1, 0.15) is 29.3 Å². The molecule has 3 nitrogen and oxygen atoms in total. The summed E-state index contributed by atoms with van der Waals surface area (Å²) < 4.78 is 0. The van der Waals surface area contributed by atoms with Crippen LogP contribution in [-0.4, -0.2) is 24.1 Å². The van der Waals surface area contributed by atoms with Crippen LogP contribution in [0.5, 0.6) is 0 Å². The largest absolute Gasteiger partial charge is 0.311 e. The van der Waals surface area contributed by atoms with Crippen molar-refractivity contribution < 1.29 is 9.59 Å². The number of amides is 1. The topological polar surface area (TPSA) is 37.4 Å². The van der Waals surface area contributed by atoms with Crippen LogP contribution in [-0.2, 0) is 11.2 Å². The van der Waals surface area contributed by atoms with E-state index < -0.39 is 0 Å². The molecule has 0 saturated carbocycles. The molecule has 90 valence electrons. The Morgan fingerprint density at radius 1 is 1.41 bits per heavy atom. The van der Waals surface area contributed by atoms with Crippen molar-refractivity contribution >= 4 is 29.0 Å². The number of anilines is 1. The lowest BCUT2D eigenvalue weighted by atomic mass is 10.0. The summed E-state index contributed by atoms with van der Waals surface area (Å²) in [5, 5.41) is 0. The van der Waals surface area contributed by atoms with E-state index in [-0.39, 0.29) is 17.6 Å². The molecule has 1 heterocycles. The van der Waals surface area contributed by atoms with E-state index in [0.29, 0.717) is 13.0 Å². The van der Waals surface area contributed by atoms with E-state index in [1.54, 1.807) is 11.0 Å². The second kappa shape index (κ2) is 4.88. The number of ketones is 1. The molecule has 0 spiro atoms. The maximum Gasteiger partial charge on any atom is 0.241 e. The fourth-order valence-electron chi connectivity index (χ4n) is 2.11. The lowest BCUT2D eigenvalue weighted by molar-refractivity contribution is -0.116. The van der Waals surface area contributed by atoms with Gasteiger partial charge in [-0.1, -0.05) is 6.92 Å². The molecule has 0 unspecified atom stereocenters. The van der Waals surface area contributed by atoms with Gasteiger partial charge in [-0.05, 0) is 30.2 Å². The number of Topliss-reactive ketones (excluding diaryl/α,β-unsaturated/α-hetero) is 1. The third-order valence-electron chi connectivity index (χ3n) is 3.03. The van der Waals surface area contributed by atoms with Crippen molar-refractivity contribution in [3.05, 3.63) is 29.3 Å². The molecule has 0 aromatic heterocycles. The molecular formula is C13H14ClNO2. The summed E-state index contributed by atoms with van der Waals surface area (Å²) in [5.41, 5.74) is 2.68. The molecule has 0 aliphatic carbocycles. The zero-order chi connectivity index (χ0) is 12.4. The van der Waals surface area contributed by atoms with E-state index in [1.165, 1.54) is 0 Å². The highest BCUT2D eigenvalue weighted by molar-refractivity contribution is 6.29. The molecule has 1 aliphatic rings. The second-order valence-corrected chi connectivity index (χ2v) is 4.32. The zero-order valence-electron chi connectivity index (χ0n) is 9.70. The fourth-order valence-corrected chi connectivity index (χ4v) is 2.25. The SMILES string of the molecule is CCC(=O)c1ccc2c(c1)CCN2C(=O)CCl. The summed E-state index contributed by atoms with van der Waals surface area (Å²) >= 11 is 5.56. The lowest BCUT2D eigenvalue weighted by Gasteiger charge is -2.15. The van der Waals surface area contributed by atoms with Gasteiger partial charge in [0, 0.05) is 24.2 Å². The smallest absolute Gasteiger partial charge is 0.241 e. The van der Waals surface area contributed by atoms with Gasteiger partial charge in [-0.2, -0.15) is 0 Å². The quantitative estimate of drug-likeness (QED) is 0.611. The van der Waals surface area contributed by atoms with Crippen LogP contribution in [0.25, 0.3) is 0 Å². The molecule has 0 saturated heterocycles. The number of carbonyl (C=O) groups is 2. The van der Waals surface area contributed by atoms with Crippen LogP contribution in [0.3, 0.4) is 0 Å². The Bertz CT molecular complexity index is 470. The Labute approximate surface area is 105 Å². The molecule has 0 bridgehead atoms. The van der Waals surface area contributed by atoms with Gasteiger partial charge in [0.1, 0.15) is 5.88 Å². The summed E-state index contributed by atoms with van der Waals surface area (Å²) in [4.78, 5) is 24.8. The van der Waals surface area contributed by atoms with Crippen LogP contribution in [0.15, 0.2) is 18.2 Å². The Hall–Kier alpha value is -1.35. The van der Waals surface area contributed by atoms with Crippen LogP contribution in [0.2, 0.25) is 0 Å². The highest BCUT2D eigenvalue weighted by Gasteiger charge is 2.24. The molecule has 1 aromatic carbocycles. The van der Waals surface area contributed by atoms with Gasteiger partial charge in [-0.15, -0.1) is 11.6 Å². The average Bonchev–Trinajstić information content (AvgIpc) is 2.79. The lowest BCUT2D eigenvalue weighted by Crippen LogP contribution is -2.29. The minimum absolute atomic E-state index is 0.00488. The molecule has 1 aromatic rings. The van der Waals surface area contributed by atoms with Gasteiger partial charge in [-0.3, -0.25) is 9.59 Å². The van der Waals surface area contributed by atoms with Crippen LogP contribution < -0.4 is 4.90 Å². The Morgan fingerprint density at radius 2 is 2.18 bits per heavy atom. The highest BCUT2D eigenvalue weighted by atomic mass is 35.5. The van der Waals surface area contributed by atoms with Gasteiger partial charge in [0.15, 0.2) is 5.78 Å². The molecule has 17 heavy (non-hydrogen) atoms. The molecule has 1 amide bonds. The molecule has 0 fully saturated rings. The van der Waals surface area contributed by atoms with Gasteiger partial charge in [-0.25, -0.2) is 0 Å². The predicted octanol–water partition coefficient (Wildman–Crippen LogP) is 2.41. The molecule has 2 rings (SSSR count). The van der Waals surface area contributed by atoms with E-state index >= 15 is 0 Å². The first-order valence-corrected chi connectivity index (χ1v) is 6.23. The zero-order valence-corrected chi connectivity index (χ0v) is 10.5. The Balaban J connectivity index is 2.32. The summed E-state index contributed by atoms with van der Waals surface area (Å²) in [7, 11) is 0.